The van der Waals surface area contributed by atoms with Gasteiger partial charge in [-0.25, -0.2) is 0 Å². The molecule has 0 saturated carbocycles. The molecule has 0 aromatic heterocycles. The molecule has 0 heterocycles. The second-order valence-corrected chi connectivity index (χ2v) is 4.81. The van der Waals surface area contributed by atoms with Crippen molar-refractivity contribution in [2.75, 3.05) is 0 Å². The fourth-order valence-corrected chi connectivity index (χ4v) is 2.31. The summed E-state index contributed by atoms with van der Waals surface area (Å²) in [6, 6.07) is 11.0. The van der Waals surface area contributed by atoms with Crippen LogP contribution < -0.4 is 5.32 Å². The SMILES string of the molecule is CC.O=C(NC1=CCCC=C1)c1cc2ccccc2cc1O. The second-order valence-electron chi connectivity index (χ2n) is 4.81. The van der Waals surface area contributed by atoms with Gasteiger partial charge in [0, 0.05) is 5.70 Å². The summed E-state index contributed by atoms with van der Waals surface area (Å²) in [5.41, 5.74) is 1.08. The maximum Gasteiger partial charge on any atom is 0.259 e. The molecule has 1 amide bonds. The van der Waals surface area contributed by atoms with E-state index in [-0.39, 0.29) is 11.7 Å². The van der Waals surface area contributed by atoms with Crippen molar-refractivity contribution in [2.24, 2.45) is 0 Å². The van der Waals surface area contributed by atoms with Crippen LogP contribution in [-0.4, -0.2) is 11.0 Å². The summed E-state index contributed by atoms with van der Waals surface area (Å²) in [4.78, 5) is 12.2. The Morgan fingerprint density at radius 2 is 1.77 bits per heavy atom. The standard InChI is InChI=1S/C17H15NO2.C2H6/c19-16-11-13-7-5-4-6-12(13)10-15(16)17(20)18-14-8-2-1-3-9-14;1-2/h2,4-11,19H,1,3H2,(H,18,20);1-2H3. The first-order chi connectivity index (χ1) is 10.7. The van der Waals surface area contributed by atoms with Gasteiger partial charge in [0.2, 0.25) is 0 Å². The van der Waals surface area contributed by atoms with Crippen LogP contribution in [0.5, 0.6) is 5.75 Å². The smallest absolute Gasteiger partial charge is 0.259 e. The van der Waals surface area contributed by atoms with Crippen LogP contribution in [-0.2, 0) is 0 Å². The monoisotopic (exact) mass is 295 g/mol. The molecule has 0 atom stereocenters. The number of rotatable bonds is 2. The van der Waals surface area contributed by atoms with Crippen LogP contribution in [0.1, 0.15) is 37.0 Å². The maximum atomic E-state index is 12.2. The largest absolute Gasteiger partial charge is 0.507 e. The molecule has 0 radical (unpaired) electrons. The Morgan fingerprint density at radius 1 is 1.09 bits per heavy atom. The van der Waals surface area contributed by atoms with Gasteiger partial charge < -0.3 is 10.4 Å². The number of phenolic OH excluding ortho intramolecular Hbond substituents is 1. The third-order valence-corrected chi connectivity index (χ3v) is 3.36. The van der Waals surface area contributed by atoms with Crippen molar-refractivity contribution in [3.05, 3.63) is 65.9 Å². The van der Waals surface area contributed by atoms with Crippen LogP contribution >= 0.6 is 0 Å². The highest BCUT2D eigenvalue weighted by Crippen LogP contribution is 2.25. The first kappa shape index (κ1) is 15.8. The normalized spacial score (nSPS) is 13.1. The summed E-state index contributed by atoms with van der Waals surface area (Å²) in [6.07, 6.45) is 7.82. The van der Waals surface area contributed by atoms with Crippen LogP contribution in [0.25, 0.3) is 10.8 Å². The van der Waals surface area contributed by atoms with Gasteiger partial charge in [-0.2, -0.15) is 0 Å². The van der Waals surface area contributed by atoms with Crippen molar-refractivity contribution in [2.45, 2.75) is 26.7 Å². The van der Waals surface area contributed by atoms with Crippen LogP contribution in [0.3, 0.4) is 0 Å². The molecule has 0 bridgehead atoms. The number of carbonyl (C=O) groups excluding carboxylic acids is 1. The van der Waals surface area contributed by atoms with E-state index in [1.807, 2.05) is 56.3 Å². The fourth-order valence-electron chi connectivity index (χ4n) is 2.31. The number of aromatic hydroxyl groups is 1. The molecule has 3 heteroatoms. The fraction of sp³-hybridized carbons (Fsp3) is 0.211. The zero-order valence-corrected chi connectivity index (χ0v) is 13.0. The Balaban J connectivity index is 0.000000847. The number of nitrogens with one attached hydrogen (secondary N) is 1. The van der Waals surface area contributed by atoms with E-state index >= 15 is 0 Å². The second kappa shape index (κ2) is 7.46. The zero-order valence-electron chi connectivity index (χ0n) is 13.0. The molecule has 0 unspecified atom stereocenters. The summed E-state index contributed by atoms with van der Waals surface area (Å²) in [5, 5.41) is 14.7. The van der Waals surface area contributed by atoms with E-state index in [9.17, 15) is 9.90 Å². The van der Waals surface area contributed by atoms with Gasteiger partial charge in [-0.3, -0.25) is 4.79 Å². The summed E-state index contributed by atoms with van der Waals surface area (Å²) in [6.45, 7) is 4.00. The molecule has 114 valence electrons. The summed E-state index contributed by atoms with van der Waals surface area (Å²) in [7, 11) is 0. The average molecular weight is 295 g/mol. The van der Waals surface area contributed by atoms with Crippen molar-refractivity contribution in [3.8, 4) is 5.75 Å². The van der Waals surface area contributed by atoms with E-state index < -0.39 is 0 Å². The molecule has 2 N–H and O–H groups in total. The van der Waals surface area contributed by atoms with E-state index in [1.165, 1.54) is 0 Å². The number of fused-ring (bicyclic) bond motifs is 1. The predicted molar refractivity (Wildman–Crippen MR) is 90.9 cm³/mol. The van der Waals surface area contributed by atoms with Crippen LogP contribution in [0, 0.1) is 0 Å². The maximum absolute atomic E-state index is 12.2. The molecule has 1 aliphatic carbocycles. The highest BCUT2D eigenvalue weighted by atomic mass is 16.3. The molecule has 2 aromatic carbocycles. The van der Waals surface area contributed by atoms with E-state index in [1.54, 1.807) is 12.1 Å². The minimum absolute atomic E-state index is 0.00147. The summed E-state index contributed by atoms with van der Waals surface area (Å²) in [5.74, 6) is -0.285. The number of carbonyl (C=O) groups is 1. The van der Waals surface area contributed by atoms with Gasteiger partial charge in [-0.1, -0.05) is 50.3 Å². The lowest BCUT2D eigenvalue weighted by Gasteiger charge is -2.11. The number of phenols is 1. The molecule has 3 nitrogen and oxygen atoms in total. The first-order valence-corrected chi connectivity index (χ1v) is 7.64. The molecule has 0 saturated heterocycles. The average Bonchev–Trinajstić information content (AvgIpc) is 2.57. The number of amides is 1. The number of hydrogen-bond acceptors (Lipinski definition) is 2. The van der Waals surface area contributed by atoms with E-state index in [0.29, 0.717) is 5.56 Å². The molecule has 3 rings (SSSR count). The van der Waals surface area contributed by atoms with Crippen LogP contribution in [0.4, 0.5) is 0 Å². The number of benzene rings is 2. The van der Waals surface area contributed by atoms with E-state index in [4.69, 9.17) is 0 Å². The number of allylic oxidation sites excluding steroid dienone is 3. The Kier molecular flexibility index (Phi) is 5.37. The lowest BCUT2D eigenvalue weighted by Crippen LogP contribution is -2.22. The van der Waals surface area contributed by atoms with Crippen molar-refractivity contribution in [1.29, 1.82) is 0 Å². The van der Waals surface area contributed by atoms with Gasteiger partial charge >= 0.3 is 0 Å². The molecular formula is C19H21NO2. The third kappa shape index (κ3) is 3.55. The van der Waals surface area contributed by atoms with Gasteiger partial charge in [0.25, 0.3) is 5.91 Å². The molecule has 0 aliphatic heterocycles. The topological polar surface area (TPSA) is 49.3 Å². The molecule has 22 heavy (non-hydrogen) atoms. The minimum atomic E-state index is -0.286. The van der Waals surface area contributed by atoms with E-state index in [2.05, 4.69) is 5.32 Å². The summed E-state index contributed by atoms with van der Waals surface area (Å²) >= 11 is 0. The summed E-state index contributed by atoms with van der Waals surface area (Å²) < 4.78 is 0. The quantitative estimate of drug-likeness (QED) is 0.854. The van der Waals surface area contributed by atoms with Gasteiger partial charge in [-0.15, -0.1) is 0 Å². The third-order valence-electron chi connectivity index (χ3n) is 3.36. The first-order valence-electron chi connectivity index (χ1n) is 7.64. The predicted octanol–water partition coefficient (Wildman–Crippen LogP) is 4.54. The lowest BCUT2D eigenvalue weighted by atomic mass is 10.0. The Labute approximate surface area is 131 Å². The van der Waals surface area contributed by atoms with Crippen molar-refractivity contribution in [1.82, 2.24) is 5.32 Å². The van der Waals surface area contributed by atoms with Gasteiger partial charge in [-0.05, 0) is 41.8 Å². The van der Waals surface area contributed by atoms with Crippen molar-refractivity contribution >= 4 is 16.7 Å². The number of hydrogen-bond donors (Lipinski definition) is 2. The van der Waals surface area contributed by atoms with Crippen LogP contribution in [0.2, 0.25) is 0 Å². The molecule has 0 spiro atoms. The van der Waals surface area contributed by atoms with E-state index in [0.717, 1.165) is 29.3 Å². The van der Waals surface area contributed by atoms with Gasteiger partial charge in [0.1, 0.15) is 5.75 Å². The lowest BCUT2D eigenvalue weighted by molar-refractivity contribution is 0.0964. The molecule has 2 aromatic rings. The molecule has 1 aliphatic rings. The van der Waals surface area contributed by atoms with Crippen molar-refractivity contribution in [3.63, 3.8) is 0 Å². The Morgan fingerprint density at radius 3 is 2.41 bits per heavy atom. The molecule has 0 fully saturated rings. The van der Waals surface area contributed by atoms with Gasteiger partial charge in [0.15, 0.2) is 0 Å². The highest BCUT2D eigenvalue weighted by molar-refractivity contribution is 6.02. The van der Waals surface area contributed by atoms with Crippen molar-refractivity contribution < 1.29 is 9.90 Å². The minimum Gasteiger partial charge on any atom is -0.507 e. The Hall–Kier alpha value is -2.55. The van der Waals surface area contributed by atoms with Gasteiger partial charge in [0.05, 0.1) is 5.56 Å². The zero-order chi connectivity index (χ0) is 15.9. The highest BCUT2D eigenvalue weighted by Gasteiger charge is 2.13. The Bertz CT molecular complexity index is 729. The molecular weight excluding hydrogens is 274 g/mol. The van der Waals surface area contributed by atoms with Crippen LogP contribution in [0.15, 0.2) is 60.3 Å².